The molecule has 17 heteroatoms. The standard InChI is InChI=1S/C52H58ClF2N11O3/c1-61-31-36(29-57-61)41-23-34-5-4-18-66(46(34)27-43(41)50(54)55)38-24-42(49-47(25-38)62(2)52(68)63(49)3)33-16-19-64(20-17-33)30-32-14-21-65(22-15-32)48-13-12-45(59-60-48)51(67)58-37-7-10-39(11-8-37)69-40-9-6-35(28-56)44(53)26-40/h6,9,12-13,23-27,29,31-33,37,39,50H,4-5,7-8,10-11,14-22,30H2,1-3H3,(H,58,67). The summed E-state index contributed by atoms with van der Waals surface area (Å²) >= 11 is 6.18. The number of aromatic nitrogens is 6. The van der Waals surface area contributed by atoms with Crippen LogP contribution in [0.5, 0.6) is 5.75 Å². The average Bonchev–Trinajstić information content (AvgIpc) is 3.90. The van der Waals surface area contributed by atoms with Gasteiger partial charge in [-0.1, -0.05) is 11.6 Å². The van der Waals surface area contributed by atoms with Gasteiger partial charge in [0.25, 0.3) is 12.3 Å². The number of fused-ring (bicyclic) bond motifs is 2. The van der Waals surface area contributed by atoms with Crippen molar-refractivity contribution in [3.05, 3.63) is 110 Å². The van der Waals surface area contributed by atoms with E-state index in [9.17, 15) is 18.4 Å². The average molecular weight is 959 g/mol. The summed E-state index contributed by atoms with van der Waals surface area (Å²) in [5.41, 5.74) is 7.56. The molecule has 0 spiro atoms. The molecule has 0 radical (unpaired) electrons. The van der Waals surface area contributed by atoms with Gasteiger partial charge in [0.2, 0.25) is 0 Å². The molecule has 6 heterocycles. The summed E-state index contributed by atoms with van der Waals surface area (Å²) < 4.78 is 40.7. The molecule has 360 valence electrons. The number of nitrogens with zero attached hydrogens (tertiary/aromatic N) is 10. The summed E-state index contributed by atoms with van der Waals surface area (Å²) in [5, 5.41) is 25.7. The zero-order valence-electron chi connectivity index (χ0n) is 39.4. The van der Waals surface area contributed by atoms with Crippen LogP contribution in [0.25, 0.3) is 22.2 Å². The van der Waals surface area contributed by atoms with Gasteiger partial charge in [-0.2, -0.15) is 10.4 Å². The van der Waals surface area contributed by atoms with Crippen molar-refractivity contribution in [1.82, 2.24) is 39.3 Å². The maximum Gasteiger partial charge on any atom is 0.328 e. The molecule has 3 aromatic heterocycles. The van der Waals surface area contributed by atoms with Crippen LogP contribution in [0.2, 0.25) is 5.02 Å². The van der Waals surface area contributed by atoms with Crippen molar-refractivity contribution >= 4 is 45.7 Å². The van der Waals surface area contributed by atoms with Gasteiger partial charge in [-0.15, -0.1) is 10.2 Å². The molecule has 1 aliphatic carbocycles. The number of piperidine rings is 2. The number of ether oxygens (including phenoxy) is 1. The van der Waals surface area contributed by atoms with Gasteiger partial charge < -0.3 is 24.8 Å². The van der Waals surface area contributed by atoms with Crippen LogP contribution < -0.4 is 25.5 Å². The third kappa shape index (κ3) is 9.55. The number of aryl methyl sites for hydroxylation is 4. The Kier molecular flexibility index (Phi) is 13.2. The van der Waals surface area contributed by atoms with Crippen LogP contribution in [0.4, 0.5) is 26.0 Å². The third-order valence-electron chi connectivity index (χ3n) is 15.0. The molecular weight excluding hydrogens is 900 g/mol. The van der Waals surface area contributed by atoms with Crippen molar-refractivity contribution in [2.75, 3.05) is 49.1 Å². The topological polar surface area (TPSA) is 142 Å². The molecule has 1 amide bonds. The Hall–Kier alpha value is -6.31. The second kappa shape index (κ2) is 19.6. The Labute approximate surface area is 405 Å². The highest BCUT2D eigenvalue weighted by molar-refractivity contribution is 6.31. The van der Waals surface area contributed by atoms with E-state index in [1.165, 1.54) is 0 Å². The molecule has 0 atom stereocenters. The van der Waals surface area contributed by atoms with Crippen LogP contribution in [-0.2, 0) is 27.6 Å². The van der Waals surface area contributed by atoms with Crippen LogP contribution in [0, 0.1) is 17.2 Å². The summed E-state index contributed by atoms with van der Waals surface area (Å²) in [6.45, 7) is 5.38. The molecule has 2 saturated heterocycles. The highest BCUT2D eigenvalue weighted by Crippen LogP contribution is 2.44. The number of benzene rings is 3. The maximum atomic E-state index is 14.7. The molecule has 3 aromatic carbocycles. The Morgan fingerprint density at radius 1 is 0.913 bits per heavy atom. The Morgan fingerprint density at radius 3 is 2.38 bits per heavy atom. The quantitative estimate of drug-likeness (QED) is 0.134. The molecule has 69 heavy (non-hydrogen) atoms. The predicted molar refractivity (Wildman–Crippen MR) is 263 cm³/mol. The largest absolute Gasteiger partial charge is 0.490 e. The fraction of sp³-hybridized carbons (Fsp3) is 0.462. The number of likely N-dealkylation sites (tertiary alicyclic amines) is 1. The van der Waals surface area contributed by atoms with E-state index in [1.54, 1.807) is 63.6 Å². The van der Waals surface area contributed by atoms with Crippen molar-refractivity contribution in [3.63, 3.8) is 0 Å². The number of carbonyl (C=O) groups excluding carboxylic acids is 1. The van der Waals surface area contributed by atoms with Gasteiger partial charge in [0, 0.05) is 88.1 Å². The lowest BCUT2D eigenvalue weighted by Crippen LogP contribution is -2.42. The second-order valence-electron chi connectivity index (χ2n) is 19.4. The first-order valence-corrected chi connectivity index (χ1v) is 24.7. The van der Waals surface area contributed by atoms with Crippen molar-refractivity contribution in [3.8, 4) is 22.9 Å². The van der Waals surface area contributed by atoms with Crippen molar-refractivity contribution in [2.24, 2.45) is 27.1 Å². The van der Waals surface area contributed by atoms with E-state index in [0.717, 1.165) is 136 Å². The highest BCUT2D eigenvalue weighted by atomic mass is 35.5. The fourth-order valence-electron chi connectivity index (χ4n) is 11.2. The Morgan fingerprint density at radius 2 is 1.70 bits per heavy atom. The molecular formula is C52H58ClF2N11O3. The highest BCUT2D eigenvalue weighted by Gasteiger charge is 2.31. The number of halogens is 3. The van der Waals surface area contributed by atoms with E-state index < -0.39 is 6.43 Å². The number of imidazole rings is 1. The smallest absolute Gasteiger partial charge is 0.328 e. The number of nitriles is 1. The van der Waals surface area contributed by atoms with Gasteiger partial charge in [0.15, 0.2) is 11.5 Å². The molecule has 1 N–H and O–H groups in total. The summed E-state index contributed by atoms with van der Waals surface area (Å²) in [4.78, 5) is 33.6. The van der Waals surface area contributed by atoms with Crippen LogP contribution in [-0.4, -0.2) is 91.3 Å². The van der Waals surface area contributed by atoms with Crippen LogP contribution in [0.3, 0.4) is 0 Å². The lowest BCUT2D eigenvalue weighted by molar-refractivity contribution is 0.0888. The summed E-state index contributed by atoms with van der Waals surface area (Å²) in [6, 6.07) is 18.8. The van der Waals surface area contributed by atoms with Crippen LogP contribution >= 0.6 is 11.6 Å². The van der Waals surface area contributed by atoms with E-state index in [2.05, 4.69) is 53.5 Å². The minimum absolute atomic E-state index is 0.00323. The second-order valence-corrected chi connectivity index (χ2v) is 19.8. The molecule has 1 saturated carbocycles. The number of rotatable bonds is 11. The minimum atomic E-state index is -2.65. The van der Waals surface area contributed by atoms with Crippen molar-refractivity contribution < 1.29 is 18.3 Å². The number of alkyl halides is 2. The zero-order valence-corrected chi connectivity index (χ0v) is 40.1. The SMILES string of the molecule is Cn1cc(-c2cc3c(cc2C(F)F)N(c2cc(C4CCN(CC5CCN(c6ccc(C(=O)NC7CCC(Oc8ccc(C#N)c(Cl)c8)CC7)nn6)CC5)CC4)c4c(c2)n(C)c(=O)n4C)CCC3)cn1. The van der Waals surface area contributed by atoms with Gasteiger partial charge in [0.05, 0.1) is 33.9 Å². The first kappa shape index (κ1) is 46.4. The Bertz CT molecular complexity index is 2960. The molecule has 4 aliphatic rings. The number of hydrogen-bond acceptors (Lipinski definition) is 10. The molecule has 14 nitrogen and oxygen atoms in total. The fourth-order valence-corrected chi connectivity index (χ4v) is 11.4. The minimum Gasteiger partial charge on any atom is -0.490 e. The third-order valence-corrected chi connectivity index (χ3v) is 15.4. The number of carbonyl (C=O) groups is 1. The van der Waals surface area contributed by atoms with Gasteiger partial charge in [-0.3, -0.25) is 18.6 Å². The summed E-state index contributed by atoms with van der Waals surface area (Å²) in [6.07, 6.45) is 9.61. The summed E-state index contributed by atoms with van der Waals surface area (Å²) in [7, 11) is 5.45. The van der Waals surface area contributed by atoms with Crippen molar-refractivity contribution in [1.29, 1.82) is 5.26 Å². The van der Waals surface area contributed by atoms with E-state index in [4.69, 9.17) is 21.6 Å². The Balaban J connectivity index is 0.736. The van der Waals surface area contributed by atoms with E-state index in [-0.39, 0.29) is 35.2 Å². The molecule has 10 rings (SSSR count). The lowest BCUT2D eigenvalue weighted by atomic mass is 9.86. The number of hydrogen-bond donors (Lipinski definition) is 1. The monoisotopic (exact) mass is 957 g/mol. The first-order valence-electron chi connectivity index (χ1n) is 24.3. The molecule has 6 aromatic rings. The van der Waals surface area contributed by atoms with Gasteiger partial charge in [-0.25, -0.2) is 13.6 Å². The van der Waals surface area contributed by atoms with Gasteiger partial charge in [-0.05, 0) is 154 Å². The normalized spacial score (nSPS) is 19.5. The van der Waals surface area contributed by atoms with E-state index in [1.807, 2.05) is 26.2 Å². The van der Waals surface area contributed by atoms with Crippen LogP contribution in [0.15, 0.2) is 71.8 Å². The van der Waals surface area contributed by atoms with E-state index in [0.29, 0.717) is 45.6 Å². The maximum absolute atomic E-state index is 14.7. The number of nitrogens with one attached hydrogen (secondary N) is 1. The van der Waals surface area contributed by atoms with Gasteiger partial charge >= 0.3 is 5.69 Å². The van der Waals surface area contributed by atoms with Crippen LogP contribution in [0.1, 0.15) is 103 Å². The zero-order chi connectivity index (χ0) is 47.9. The first-order chi connectivity index (χ1) is 33.4. The number of anilines is 3. The number of amides is 1. The molecule has 3 fully saturated rings. The molecule has 0 unspecified atom stereocenters. The summed E-state index contributed by atoms with van der Waals surface area (Å²) in [5.74, 6) is 2.00. The van der Waals surface area contributed by atoms with E-state index >= 15 is 0 Å². The molecule has 3 aliphatic heterocycles. The van der Waals surface area contributed by atoms with Crippen molar-refractivity contribution in [2.45, 2.75) is 88.7 Å². The lowest BCUT2D eigenvalue weighted by Gasteiger charge is -2.38. The predicted octanol–water partition coefficient (Wildman–Crippen LogP) is 8.83. The van der Waals surface area contributed by atoms with Gasteiger partial charge in [0.1, 0.15) is 11.8 Å². The molecule has 0 bridgehead atoms.